The van der Waals surface area contributed by atoms with Crippen LogP contribution >= 0.6 is 22.6 Å². The second-order valence-corrected chi connectivity index (χ2v) is 6.68. The van der Waals surface area contributed by atoms with Crippen LogP contribution in [0.2, 0.25) is 0 Å². The van der Waals surface area contributed by atoms with Crippen molar-refractivity contribution in [3.8, 4) is 0 Å². The second kappa shape index (κ2) is 5.28. The minimum atomic E-state index is 0.602. The standard InChI is InChI=1S/C13H19IN4/c14-11-9-16-12(17-10-11)18-7-3-13(4-8-18)1-5-15-6-2-13/h9-10,15H,1-8H2. The number of hydrogen-bond acceptors (Lipinski definition) is 4. The molecule has 2 fully saturated rings. The zero-order valence-corrected chi connectivity index (χ0v) is 12.7. The van der Waals surface area contributed by atoms with Crippen molar-refractivity contribution in [3.05, 3.63) is 16.0 Å². The van der Waals surface area contributed by atoms with Crippen molar-refractivity contribution in [2.75, 3.05) is 31.1 Å². The molecular weight excluding hydrogens is 339 g/mol. The van der Waals surface area contributed by atoms with Crippen molar-refractivity contribution >= 4 is 28.5 Å². The number of hydrogen-bond donors (Lipinski definition) is 1. The molecule has 3 rings (SSSR count). The van der Waals surface area contributed by atoms with Gasteiger partial charge in [0.1, 0.15) is 0 Å². The lowest BCUT2D eigenvalue weighted by atomic mass is 9.72. The molecule has 2 aliphatic heterocycles. The van der Waals surface area contributed by atoms with E-state index < -0.39 is 0 Å². The van der Waals surface area contributed by atoms with Crippen LogP contribution in [-0.4, -0.2) is 36.1 Å². The minimum absolute atomic E-state index is 0.602. The molecule has 18 heavy (non-hydrogen) atoms. The van der Waals surface area contributed by atoms with Gasteiger partial charge < -0.3 is 10.2 Å². The molecule has 0 amide bonds. The van der Waals surface area contributed by atoms with Crippen LogP contribution in [0.1, 0.15) is 25.7 Å². The van der Waals surface area contributed by atoms with E-state index in [9.17, 15) is 0 Å². The highest BCUT2D eigenvalue weighted by Crippen LogP contribution is 2.39. The van der Waals surface area contributed by atoms with Gasteiger partial charge in [0.15, 0.2) is 0 Å². The van der Waals surface area contributed by atoms with Crippen LogP contribution in [0.5, 0.6) is 0 Å². The summed E-state index contributed by atoms with van der Waals surface area (Å²) in [5, 5.41) is 3.47. The van der Waals surface area contributed by atoms with Gasteiger partial charge in [-0.05, 0) is 66.8 Å². The highest BCUT2D eigenvalue weighted by molar-refractivity contribution is 14.1. The third-order valence-corrected chi connectivity index (χ3v) is 4.93. The molecule has 0 unspecified atom stereocenters. The third kappa shape index (κ3) is 2.61. The number of halogens is 1. The fraction of sp³-hybridized carbons (Fsp3) is 0.692. The maximum atomic E-state index is 4.43. The first-order valence-electron chi connectivity index (χ1n) is 6.71. The summed E-state index contributed by atoms with van der Waals surface area (Å²) in [6.45, 7) is 4.61. The molecule has 2 aliphatic rings. The van der Waals surface area contributed by atoms with Crippen molar-refractivity contribution in [1.29, 1.82) is 0 Å². The number of aromatic nitrogens is 2. The lowest BCUT2D eigenvalue weighted by Crippen LogP contribution is -2.46. The predicted molar refractivity (Wildman–Crippen MR) is 80.7 cm³/mol. The molecule has 3 heterocycles. The second-order valence-electron chi connectivity index (χ2n) is 5.44. The van der Waals surface area contributed by atoms with Gasteiger partial charge in [0.2, 0.25) is 5.95 Å². The fourth-order valence-electron chi connectivity index (χ4n) is 3.11. The van der Waals surface area contributed by atoms with Gasteiger partial charge in [0, 0.05) is 29.1 Å². The first kappa shape index (κ1) is 12.6. The highest BCUT2D eigenvalue weighted by atomic mass is 127. The molecule has 0 radical (unpaired) electrons. The van der Waals surface area contributed by atoms with Gasteiger partial charge in [-0.2, -0.15) is 0 Å². The summed E-state index contributed by atoms with van der Waals surface area (Å²) in [5.41, 5.74) is 0.602. The van der Waals surface area contributed by atoms with Crippen LogP contribution in [0.4, 0.5) is 5.95 Å². The predicted octanol–water partition coefficient (Wildman–Crippen LogP) is 2.05. The molecule has 1 aromatic heterocycles. The maximum absolute atomic E-state index is 4.43. The van der Waals surface area contributed by atoms with Crippen LogP contribution in [0, 0.1) is 8.99 Å². The maximum Gasteiger partial charge on any atom is 0.225 e. The Balaban J connectivity index is 1.64. The van der Waals surface area contributed by atoms with Gasteiger partial charge in [-0.15, -0.1) is 0 Å². The zero-order chi connectivity index (χ0) is 12.4. The Bertz CT molecular complexity index is 390. The van der Waals surface area contributed by atoms with Gasteiger partial charge in [0.25, 0.3) is 0 Å². The molecule has 2 saturated heterocycles. The van der Waals surface area contributed by atoms with E-state index in [1.807, 2.05) is 12.4 Å². The Morgan fingerprint density at radius 3 is 2.28 bits per heavy atom. The van der Waals surface area contributed by atoms with E-state index in [1.165, 1.54) is 38.8 Å². The third-order valence-electron chi connectivity index (χ3n) is 4.38. The summed E-state index contributed by atoms with van der Waals surface area (Å²) in [7, 11) is 0. The van der Waals surface area contributed by atoms with Gasteiger partial charge in [-0.3, -0.25) is 0 Å². The summed E-state index contributed by atoms with van der Waals surface area (Å²) in [6, 6.07) is 0. The summed E-state index contributed by atoms with van der Waals surface area (Å²) in [5.74, 6) is 0.902. The summed E-state index contributed by atoms with van der Waals surface area (Å²) < 4.78 is 1.10. The number of piperidine rings is 2. The molecule has 0 bridgehead atoms. The quantitative estimate of drug-likeness (QED) is 0.781. The Kier molecular flexibility index (Phi) is 3.70. The highest BCUT2D eigenvalue weighted by Gasteiger charge is 2.35. The number of rotatable bonds is 1. The minimum Gasteiger partial charge on any atom is -0.341 e. The molecule has 0 saturated carbocycles. The van der Waals surface area contributed by atoms with E-state index >= 15 is 0 Å². The van der Waals surface area contributed by atoms with E-state index in [2.05, 4.69) is 42.8 Å². The Morgan fingerprint density at radius 1 is 1.06 bits per heavy atom. The molecule has 5 heteroatoms. The van der Waals surface area contributed by atoms with Crippen molar-refractivity contribution in [2.24, 2.45) is 5.41 Å². The van der Waals surface area contributed by atoms with Crippen LogP contribution in [0.25, 0.3) is 0 Å². The van der Waals surface area contributed by atoms with E-state index in [4.69, 9.17) is 0 Å². The van der Waals surface area contributed by atoms with Crippen LogP contribution in [0.3, 0.4) is 0 Å². The van der Waals surface area contributed by atoms with Crippen molar-refractivity contribution in [1.82, 2.24) is 15.3 Å². The lowest BCUT2D eigenvalue weighted by molar-refractivity contribution is 0.154. The van der Waals surface area contributed by atoms with Crippen LogP contribution in [-0.2, 0) is 0 Å². The molecule has 0 atom stereocenters. The summed E-state index contributed by atoms with van der Waals surface area (Å²) in [6.07, 6.45) is 9.08. The normalized spacial score (nSPS) is 23.3. The summed E-state index contributed by atoms with van der Waals surface area (Å²) in [4.78, 5) is 11.2. The Labute approximate surface area is 122 Å². The monoisotopic (exact) mass is 358 g/mol. The molecule has 98 valence electrons. The van der Waals surface area contributed by atoms with Crippen molar-refractivity contribution in [2.45, 2.75) is 25.7 Å². The van der Waals surface area contributed by atoms with Crippen LogP contribution < -0.4 is 10.2 Å². The van der Waals surface area contributed by atoms with Crippen molar-refractivity contribution < 1.29 is 0 Å². The molecule has 1 N–H and O–H groups in total. The number of anilines is 1. The van der Waals surface area contributed by atoms with E-state index in [0.717, 1.165) is 22.6 Å². The number of nitrogens with zero attached hydrogens (tertiary/aromatic N) is 3. The zero-order valence-electron chi connectivity index (χ0n) is 10.5. The first-order chi connectivity index (χ1) is 8.77. The molecule has 1 spiro atoms. The lowest BCUT2D eigenvalue weighted by Gasteiger charge is -2.44. The molecule has 0 aliphatic carbocycles. The Morgan fingerprint density at radius 2 is 1.67 bits per heavy atom. The molecule has 1 aromatic rings. The van der Waals surface area contributed by atoms with Gasteiger partial charge >= 0.3 is 0 Å². The van der Waals surface area contributed by atoms with Gasteiger partial charge in [-0.25, -0.2) is 9.97 Å². The van der Waals surface area contributed by atoms with E-state index in [-0.39, 0.29) is 0 Å². The largest absolute Gasteiger partial charge is 0.341 e. The fourth-order valence-corrected chi connectivity index (χ4v) is 3.39. The van der Waals surface area contributed by atoms with Crippen LogP contribution in [0.15, 0.2) is 12.4 Å². The SMILES string of the molecule is Ic1cnc(N2CCC3(CCNCC3)CC2)nc1. The average molecular weight is 358 g/mol. The number of nitrogens with one attached hydrogen (secondary N) is 1. The smallest absolute Gasteiger partial charge is 0.225 e. The Hall–Kier alpha value is -0.430. The average Bonchev–Trinajstić information content (AvgIpc) is 2.42. The first-order valence-corrected chi connectivity index (χ1v) is 7.79. The molecular formula is C13H19IN4. The van der Waals surface area contributed by atoms with Crippen molar-refractivity contribution in [3.63, 3.8) is 0 Å². The summed E-state index contributed by atoms with van der Waals surface area (Å²) >= 11 is 2.25. The van der Waals surface area contributed by atoms with E-state index in [1.54, 1.807) is 0 Å². The molecule has 0 aromatic carbocycles. The van der Waals surface area contributed by atoms with Gasteiger partial charge in [-0.1, -0.05) is 0 Å². The molecule has 4 nitrogen and oxygen atoms in total. The van der Waals surface area contributed by atoms with E-state index in [0.29, 0.717) is 5.41 Å². The van der Waals surface area contributed by atoms with Gasteiger partial charge in [0.05, 0.1) is 0 Å². The topological polar surface area (TPSA) is 41.1 Å².